The van der Waals surface area contributed by atoms with Gasteiger partial charge in [0.1, 0.15) is 0 Å². The van der Waals surface area contributed by atoms with Crippen molar-refractivity contribution in [2.24, 2.45) is 5.92 Å². The van der Waals surface area contributed by atoms with Gasteiger partial charge < -0.3 is 20.5 Å². The molecule has 1 fully saturated rings. The van der Waals surface area contributed by atoms with Crippen molar-refractivity contribution in [2.45, 2.75) is 38.3 Å². The van der Waals surface area contributed by atoms with E-state index >= 15 is 0 Å². The number of aryl methyl sites for hydroxylation is 1. The highest BCUT2D eigenvalue weighted by atomic mass is 16.5. The maximum absolute atomic E-state index is 12.1. The van der Waals surface area contributed by atoms with E-state index < -0.39 is 0 Å². The summed E-state index contributed by atoms with van der Waals surface area (Å²) in [4.78, 5) is 12.1. The lowest BCUT2D eigenvalue weighted by Crippen LogP contribution is -2.30. The van der Waals surface area contributed by atoms with Crippen molar-refractivity contribution < 1.29 is 14.6 Å². The molecule has 148 valence electrons. The van der Waals surface area contributed by atoms with Gasteiger partial charge in [0.05, 0.1) is 18.6 Å². The molecule has 3 N–H and O–H groups in total. The Labute approximate surface area is 166 Å². The summed E-state index contributed by atoms with van der Waals surface area (Å²) in [6.07, 6.45) is 2.02. The molecule has 0 saturated carbocycles. The van der Waals surface area contributed by atoms with E-state index in [4.69, 9.17) is 9.84 Å². The second-order valence-electron chi connectivity index (χ2n) is 7.81. The van der Waals surface area contributed by atoms with Crippen LogP contribution in [0.3, 0.4) is 0 Å². The first-order valence-corrected chi connectivity index (χ1v) is 10.1. The Morgan fingerprint density at radius 3 is 3.00 bits per heavy atom. The standard InChI is InChI=1S/C23H28N2O3/c1-15-4-2-5-17(12-15)22-18-8-11-28-23(18)19-13-16(6-7-20(19)25-22)14-21(27)24-9-3-10-26/h2,4-7,12-13,18,22-23,25-26H,3,8-11,14H2,1H3,(H,24,27). The van der Waals surface area contributed by atoms with Crippen molar-refractivity contribution in [2.75, 3.05) is 25.1 Å². The molecule has 2 aromatic carbocycles. The van der Waals surface area contributed by atoms with Crippen LogP contribution < -0.4 is 10.6 Å². The maximum atomic E-state index is 12.1. The number of ether oxygens (including phenoxy) is 1. The first-order valence-electron chi connectivity index (χ1n) is 10.1. The van der Waals surface area contributed by atoms with Gasteiger partial charge in [0.25, 0.3) is 0 Å². The molecule has 0 radical (unpaired) electrons. The molecule has 0 aliphatic carbocycles. The Hall–Kier alpha value is -2.37. The molecule has 5 nitrogen and oxygen atoms in total. The maximum Gasteiger partial charge on any atom is 0.224 e. The summed E-state index contributed by atoms with van der Waals surface area (Å²) in [6.45, 7) is 3.49. The van der Waals surface area contributed by atoms with Crippen molar-refractivity contribution in [3.63, 3.8) is 0 Å². The second kappa shape index (κ2) is 8.33. The van der Waals surface area contributed by atoms with Crippen LogP contribution in [-0.2, 0) is 16.0 Å². The van der Waals surface area contributed by atoms with Gasteiger partial charge in [0, 0.05) is 36.9 Å². The van der Waals surface area contributed by atoms with E-state index in [0.717, 1.165) is 29.8 Å². The smallest absolute Gasteiger partial charge is 0.224 e. The number of rotatable bonds is 6. The summed E-state index contributed by atoms with van der Waals surface area (Å²) in [5, 5.41) is 15.4. The lowest BCUT2D eigenvalue weighted by Gasteiger charge is -2.37. The molecule has 1 amide bonds. The molecule has 2 aliphatic heterocycles. The Bertz CT molecular complexity index is 851. The number of hydrogen-bond donors (Lipinski definition) is 3. The highest BCUT2D eigenvalue weighted by Crippen LogP contribution is 2.50. The van der Waals surface area contributed by atoms with Crippen LogP contribution in [0.5, 0.6) is 0 Å². The van der Waals surface area contributed by atoms with Crippen LogP contribution in [0.2, 0.25) is 0 Å². The first-order chi connectivity index (χ1) is 13.7. The number of amides is 1. The van der Waals surface area contributed by atoms with Crippen LogP contribution in [-0.4, -0.2) is 30.8 Å². The van der Waals surface area contributed by atoms with E-state index in [1.165, 1.54) is 11.1 Å². The van der Waals surface area contributed by atoms with Gasteiger partial charge >= 0.3 is 0 Å². The monoisotopic (exact) mass is 380 g/mol. The highest BCUT2D eigenvalue weighted by molar-refractivity contribution is 5.79. The number of hydrogen-bond acceptors (Lipinski definition) is 4. The summed E-state index contributed by atoms with van der Waals surface area (Å²) >= 11 is 0. The Morgan fingerprint density at radius 1 is 1.29 bits per heavy atom. The van der Waals surface area contributed by atoms with Gasteiger partial charge in [-0.25, -0.2) is 0 Å². The molecule has 0 aromatic heterocycles. The molecule has 0 spiro atoms. The van der Waals surface area contributed by atoms with E-state index in [0.29, 0.717) is 25.3 Å². The SMILES string of the molecule is Cc1cccc(C2Nc3ccc(CC(=O)NCCCO)cc3C3OCCC23)c1. The van der Waals surface area contributed by atoms with Crippen molar-refractivity contribution in [3.05, 3.63) is 64.7 Å². The molecule has 1 saturated heterocycles. The number of anilines is 1. The van der Waals surface area contributed by atoms with Crippen LogP contribution in [0.25, 0.3) is 0 Å². The fourth-order valence-corrected chi connectivity index (χ4v) is 4.38. The number of carbonyl (C=O) groups is 1. The number of carbonyl (C=O) groups excluding carboxylic acids is 1. The lowest BCUT2D eigenvalue weighted by atomic mass is 9.80. The zero-order chi connectivity index (χ0) is 19.5. The summed E-state index contributed by atoms with van der Waals surface area (Å²) in [5.41, 5.74) is 5.82. The molecule has 4 rings (SSSR count). The molecule has 3 unspecified atom stereocenters. The normalized spacial score (nSPS) is 22.9. The summed E-state index contributed by atoms with van der Waals surface area (Å²) in [6, 6.07) is 15.1. The largest absolute Gasteiger partial charge is 0.396 e. The van der Waals surface area contributed by atoms with Crippen molar-refractivity contribution in [1.29, 1.82) is 0 Å². The molecule has 2 aliphatic rings. The quantitative estimate of drug-likeness (QED) is 0.673. The topological polar surface area (TPSA) is 70.6 Å². The minimum Gasteiger partial charge on any atom is -0.396 e. The third-order valence-electron chi connectivity index (χ3n) is 5.72. The van der Waals surface area contributed by atoms with E-state index in [2.05, 4.69) is 54.0 Å². The van der Waals surface area contributed by atoms with E-state index in [-0.39, 0.29) is 24.7 Å². The number of fused-ring (bicyclic) bond motifs is 3. The van der Waals surface area contributed by atoms with Crippen LogP contribution >= 0.6 is 0 Å². The molecule has 5 heteroatoms. The zero-order valence-electron chi connectivity index (χ0n) is 16.3. The van der Waals surface area contributed by atoms with Crippen molar-refractivity contribution >= 4 is 11.6 Å². The summed E-state index contributed by atoms with van der Waals surface area (Å²) in [5.74, 6) is 0.377. The summed E-state index contributed by atoms with van der Waals surface area (Å²) < 4.78 is 6.14. The predicted molar refractivity (Wildman–Crippen MR) is 109 cm³/mol. The molecular formula is C23H28N2O3. The molecule has 2 heterocycles. The Morgan fingerprint density at radius 2 is 2.18 bits per heavy atom. The lowest BCUT2D eigenvalue weighted by molar-refractivity contribution is -0.120. The number of aliphatic hydroxyl groups excluding tert-OH is 1. The minimum atomic E-state index is -0.0151. The van der Waals surface area contributed by atoms with Crippen molar-refractivity contribution in [3.8, 4) is 0 Å². The van der Waals surface area contributed by atoms with E-state index in [1.54, 1.807) is 0 Å². The fourth-order valence-electron chi connectivity index (χ4n) is 4.38. The number of benzene rings is 2. The zero-order valence-corrected chi connectivity index (χ0v) is 16.3. The van der Waals surface area contributed by atoms with Gasteiger partial charge in [0.15, 0.2) is 0 Å². The molecule has 0 bridgehead atoms. The molecule has 2 aromatic rings. The van der Waals surface area contributed by atoms with E-state index in [9.17, 15) is 4.79 Å². The minimum absolute atomic E-state index is 0.0151. The van der Waals surface area contributed by atoms with Crippen LogP contribution in [0.4, 0.5) is 5.69 Å². The van der Waals surface area contributed by atoms with Gasteiger partial charge in [-0.1, -0.05) is 42.0 Å². The molecule has 3 atom stereocenters. The molecule has 28 heavy (non-hydrogen) atoms. The predicted octanol–water partition coefficient (Wildman–Crippen LogP) is 3.28. The number of aliphatic hydroxyl groups is 1. The Balaban J connectivity index is 1.55. The average molecular weight is 380 g/mol. The Kier molecular flexibility index (Phi) is 5.64. The van der Waals surface area contributed by atoms with Gasteiger partial charge in [-0.3, -0.25) is 4.79 Å². The van der Waals surface area contributed by atoms with Gasteiger partial charge in [-0.15, -0.1) is 0 Å². The average Bonchev–Trinajstić information content (AvgIpc) is 3.18. The van der Waals surface area contributed by atoms with Crippen LogP contribution in [0.15, 0.2) is 42.5 Å². The third kappa shape index (κ3) is 3.91. The van der Waals surface area contributed by atoms with Gasteiger partial charge in [-0.05, 0) is 37.0 Å². The number of nitrogens with one attached hydrogen (secondary N) is 2. The highest BCUT2D eigenvalue weighted by Gasteiger charge is 2.41. The summed E-state index contributed by atoms with van der Waals surface area (Å²) in [7, 11) is 0. The first kappa shape index (κ1) is 19.0. The second-order valence-corrected chi connectivity index (χ2v) is 7.81. The van der Waals surface area contributed by atoms with Gasteiger partial charge in [0.2, 0.25) is 5.91 Å². The third-order valence-corrected chi connectivity index (χ3v) is 5.72. The van der Waals surface area contributed by atoms with Gasteiger partial charge in [-0.2, -0.15) is 0 Å². The van der Waals surface area contributed by atoms with Crippen LogP contribution in [0.1, 0.15) is 47.2 Å². The molecular weight excluding hydrogens is 352 g/mol. The van der Waals surface area contributed by atoms with Crippen LogP contribution in [0, 0.1) is 12.8 Å². The van der Waals surface area contributed by atoms with E-state index in [1.807, 2.05) is 6.07 Å². The van der Waals surface area contributed by atoms with Crippen molar-refractivity contribution in [1.82, 2.24) is 5.32 Å². The fraction of sp³-hybridized carbons (Fsp3) is 0.435.